The van der Waals surface area contributed by atoms with Gasteiger partial charge in [-0.15, -0.1) is 0 Å². The summed E-state index contributed by atoms with van der Waals surface area (Å²) in [5, 5.41) is 0. The first-order valence-corrected chi connectivity index (χ1v) is 8.84. The van der Waals surface area contributed by atoms with E-state index < -0.39 is 0 Å². The zero-order valence-electron chi connectivity index (χ0n) is 14.7. The number of benzene rings is 1. The molecule has 1 aliphatic heterocycles. The molecule has 128 valence electrons. The van der Waals surface area contributed by atoms with Gasteiger partial charge in [-0.1, -0.05) is 13.3 Å². The van der Waals surface area contributed by atoms with E-state index in [1.54, 1.807) is 12.1 Å². The third-order valence-corrected chi connectivity index (χ3v) is 4.54. The number of ether oxygens (including phenoxy) is 1. The summed E-state index contributed by atoms with van der Waals surface area (Å²) >= 11 is 0. The van der Waals surface area contributed by atoms with Gasteiger partial charge in [0, 0.05) is 24.6 Å². The lowest BCUT2D eigenvalue weighted by molar-refractivity contribution is 0.0923. The number of Topliss-reactive ketones (excluding diaryl/α,β-unsaturated/α-hetero) is 1. The van der Waals surface area contributed by atoms with Crippen molar-refractivity contribution < 1.29 is 9.53 Å². The minimum atomic E-state index is 0.0731. The molecule has 0 aliphatic carbocycles. The van der Waals surface area contributed by atoms with E-state index in [-0.39, 0.29) is 11.9 Å². The zero-order chi connectivity index (χ0) is 16.8. The van der Waals surface area contributed by atoms with Crippen LogP contribution < -0.4 is 10.5 Å². The third-order valence-electron chi connectivity index (χ3n) is 4.54. The summed E-state index contributed by atoms with van der Waals surface area (Å²) < 4.78 is 5.62. The topological polar surface area (TPSA) is 55.6 Å². The van der Waals surface area contributed by atoms with Crippen LogP contribution in [-0.2, 0) is 0 Å². The summed E-state index contributed by atoms with van der Waals surface area (Å²) in [5.41, 5.74) is 7.22. The predicted molar refractivity (Wildman–Crippen MR) is 95.1 cm³/mol. The summed E-state index contributed by atoms with van der Waals surface area (Å²) in [4.78, 5) is 14.9. The Morgan fingerprint density at radius 3 is 2.83 bits per heavy atom. The molecule has 2 rings (SSSR count). The molecule has 1 saturated heterocycles. The quantitative estimate of drug-likeness (QED) is 0.612. The molecule has 1 aromatic rings. The van der Waals surface area contributed by atoms with Gasteiger partial charge in [-0.25, -0.2) is 0 Å². The van der Waals surface area contributed by atoms with Crippen molar-refractivity contribution >= 4 is 11.5 Å². The number of nitrogens with zero attached hydrogens (tertiary/aromatic N) is 1. The second-order valence-corrected chi connectivity index (χ2v) is 6.69. The van der Waals surface area contributed by atoms with E-state index in [4.69, 9.17) is 10.5 Å². The number of carbonyl (C=O) groups is 1. The van der Waals surface area contributed by atoms with Crippen molar-refractivity contribution in [3.63, 3.8) is 0 Å². The summed E-state index contributed by atoms with van der Waals surface area (Å²) in [6, 6.07) is 6.01. The van der Waals surface area contributed by atoms with Crippen LogP contribution in [0.4, 0.5) is 5.69 Å². The van der Waals surface area contributed by atoms with Crippen LogP contribution in [-0.4, -0.2) is 35.9 Å². The van der Waals surface area contributed by atoms with Crippen LogP contribution >= 0.6 is 0 Å². The first kappa shape index (κ1) is 17.8. The number of ketones is 1. The molecule has 0 bridgehead atoms. The monoisotopic (exact) mass is 318 g/mol. The van der Waals surface area contributed by atoms with Crippen molar-refractivity contribution in [1.29, 1.82) is 0 Å². The Bertz CT molecular complexity index is 528. The van der Waals surface area contributed by atoms with Gasteiger partial charge in [-0.05, 0) is 57.9 Å². The van der Waals surface area contributed by atoms with E-state index in [0.29, 0.717) is 29.5 Å². The van der Waals surface area contributed by atoms with E-state index in [1.807, 2.05) is 19.9 Å². The van der Waals surface area contributed by atoms with Gasteiger partial charge in [-0.3, -0.25) is 9.69 Å². The van der Waals surface area contributed by atoms with Gasteiger partial charge in [0.2, 0.25) is 0 Å². The second kappa shape index (κ2) is 8.34. The van der Waals surface area contributed by atoms with Crippen molar-refractivity contribution in [2.75, 3.05) is 18.8 Å². The van der Waals surface area contributed by atoms with Gasteiger partial charge in [0.25, 0.3) is 0 Å². The maximum absolute atomic E-state index is 12.4. The van der Waals surface area contributed by atoms with E-state index in [0.717, 1.165) is 13.1 Å². The van der Waals surface area contributed by atoms with Gasteiger partial charge in [0.05, 0.1) is 11.8 Å². The van der Waals surface area contributed by atoms with Crippen molar-refractivity contribution in [3.05, 3.63) is 23.8 Å². The molecular weight excluding hydrogens is 288 g/mol. The molecule has 1 heterocycles. The highest BCUT2D eigenvalue weighted by atomic mass is 16.5. The van der Waals surface area contributed by atoms with Crippen LogP contribution in [0.2, 0.25) is 0 Å². The standard InChI is InChI=1S/C19H30N2O2/c1-4-16-7-5-6-11-21(16)12-10-18(22)15-8-9-19(17(20)13-15)23-14(2)3/h8-9,13-14,16H,4-7,10-12,20H2,1-3H3. The van der Waals surface area contributed by atoms with Gasteiger partial charge < -0.3 is 10.5 Å². The number of rotatable bonds is 7. The van der Waals surface area contributed by atoms with Crippen molar-refractivity contribution in [3.8, 4) is 5.75 Å². The average molecular weight is 318 g/mol. The molecular formula is C19H30N2O2. The van der Waals surface area contributed by atoms with Crippen LogP contribution in [0, 0.1) is 0 Å². The van der Waals surface area contributed by atoms with Gasteiger partial charge in [0.1, 0.15) is 5.75 Å². The van der Waals surface area contributed by atoms with Crippen molar-refractivity contribution in [1.82, 2.24) is 4.90 Å². The first-order chi connectivity index (χ1) is 11.0. The van der Waals surface area contributed by atoms with Gasteiger partial charge in [0.15, 0.2) is 5.78 Å². The zero-order valence-corrected chi connectivity index (χ0v) is 14.7. The van der Waals surface area contributed by atoms with E-state index >= 15 is 0 Å². The fourth-order valence-electron chi connectivity index (χ4n) is 3.29. The van der Waals surface area contributed by atoms with E-state index in [1.165, 1.54) is 25.7 Å². The highest BCUT2D eigenvalue weighted by Gasteiger charge is 2.21. The molecule has 0 spiro atoms. The summed E-state index contributed by atoms with van der Waals surface area (Å²) in [5.74, 6) is 0.812. The Kier molecular flexibility index (Phi) is 6.46. The molecule has 1 atom stereocenters. The lowest BCUT2D eigenvalue weighted by Gasteiger charge is -2.35. The maximum Gasteiger partial charge on any atom is 0.164 e. The smallest absolute Gasteiger partial charge is 0.164 e. The third kappa shape index (κ3) is 4.96. The molecule has 1 unspecified atom stereocenters. The number of carbonyl (C=O) groups excluding carboxylic acids is 1. The maximum atomic E-state index is 12.4. The van der Waals surface area contributed by atoms with Crippen LogP contribution in [0.1, 0.15) is 63.2 Å². The molecule has 0 radical (unpaired) electrons. The molecule has 0 saturated carbocycles. The number of nitrogen functional groups attached to an aromatic ring is 1. The summed E-state index contributed by atoms with van der Waals surface area (Å²) in [7, 11) is 0. The Balaban J connectivity index is 1.94. The van der Waals surface area contributed by atoms with E-state index in [9.17, 15) is 4.79 Å². The van der Waals surface area contributed by atoms with Gasteiger partial charge in [-0.2, -0.15) is 0 Å². The summed E-state index contributed by atoms with van der Waals surface area (Å²) in [6.45, 7) is 8.12. The fourth-order valence-corrected chi connectivity index (χ4v) is 3.29. The Hall–Kier alpha value is -1.55. The molecule has 23 heavy (non-hydrogen) atoms. The summed E-state index contributed by atoms with van der Waals surface area (Å²) in [6.07, 6.45) is 5.63. The Labute approximate surface area is 140 Å². The number of hydrogen-bond donors (Lipinski definition) is 1. The van der Waals surface area contributed by atoms with Crippen LogP contribution in [0.15, 0.2) is 18.2 Å². The Morgan fingerprint density at radius 2 is 2.17 bits per heavy atom. The van der Waals surface area contributed by atoms with Gasteiger partial charge >= 0.3 is 0 Å². The number of hydrogen-bond acceptors (Lipinski definition) is 4. The van der Waals surface area contributed by atoms with Crippen molar-refractivity contribution in [2.45, 2.75) is 65.0 Å². The fraction of sp³-hybridized carbons (Fsp3) is 0.632. The predicted octanol–water partition coefficient (Wildman–Crippen LogP) is 3.89. The van der Waals surface area contributed by atoms with Crippen molar-refractivity contribution in [2.24, 2.45) is 0 Å². The second-order valence-electron chi connectivity index (χ2n) is 6.69. The first-order valence-electron chi connectivity index (χ1n) is 8.84. The molecule has 1 aliphatic rings. The average Bonchev–Trinajstić information content (AvgIpc) is 2.54. The molecule has 4 nitrogen and oxygen atoms in total. The molecule has 1 fully saturated rings. The molecule has 4 heteroatoms. The SMILES string of the molecule is CCC1CCCCN1CCC(=O)c1ccc(OC(C)C)c(N)c1. The minimum Gasteiger partial charge on any atom is -0.489 e. The minimum absolute atomic E-state index is 0.0731. The number of piperidine rings is 1. The highest BCUT2D eigenvalue weighted by Crippen LogP contribution is 2.25. The normalized spacial score (nSPS) is 19.0. The van der Waals surface area contributed by atoms with E-state index in [2.05, 4.69) is 11.8 Å². The highest BCUT2D eigenvalue weighted by molar-refractivity contribution is 5.97. The largest absolute Gasteiger partial charge is 0.489 e. The number of likely N-dealkylation sites (tertiary alicyclic amines) is 1. The number of nitrogens with two attached hydrogens (primary N) is 1. The molecule has 2 N–H and O–H groups in total. The lowest BCUT2D eigenvalue weighted by Crippen LogP contribution is -2.40. The molecule has 0 aromatic heterocycles. The van der Waals surface area contributed by atoms with Crippen LogP contribution in [0.5, 0.6) is 5.75 Å². The molecule has 0 amide bonds. The number of anilines is 1. The Morgan fingerprint density at radius 1 is 1.39 bits per heavy atom. The lowest BCUT2D eigenvalue weighted by atomic mass is 9.99. The van der Waals surface area contributed by atoms with Crippen LogP contribution in [0.25, 0.3) is 0 Å². The molecule has 1 aromatic carbocycles. The van der Waals surface area contributed by atoms with Crippen LogP contribution in [0.3, 0.4) is 0 Å².